The SMILES string of the molecule is COCCC(=O)N1CCc2c(CNc3ncccn3)cncc2C1.Cl. The van der Waals surface area contributed by atoms with Gasteiger partial charge in [-0.25, -0.2) is 9.97 Å². The highest BCUT2D eigenvalue weighted by Gasteiger charge is 2.22. The van der Waals surface area contributed by atoms with Gasteiger partial charge in [0, 0.05) is 51.5 Å². The Kier molecular flexibility index (Phi) is 7.09. The van der Waals surface area contributed by atoms with E-state index in [1.54, 1.807) is 25.6 Å². The predicted molar refractivity (Wildman–Crippen MR) is 96.5 cm³/mol. The summed E-state index contributed by atoms with van der Waals surface area (Å²) in [6, 6.07) is 1.78. The number of ether oxygens (including phenoxy) is 1. The van der Waals surface area contributed by atoms with Gasteiger partial charge in [-0.05, 0) is 29.2 Å². The van der Waals surface area contributed by atoms with Crippen molar-refractivity contribution in [1.29, 1.82) is 0 Å². The molecule has 0 spiro atoms. The smallest absolute Gasteiger partial charge is 0.225 e. The summed E-state index contributed by atoms with van der Waals surface area (Å²) in [4.78, 5) is 26.7. The number of hydrogen-bond donors (Lipinski definition) is 1. The maximum atomic E-state index is 12.2. The van der Waals surface area contributed by atoms with Crippen molar-refractivity contribution in [3.8, 4) is 0 Å². The number of nitrogens with zero attached hydrogens (tertiary/aromatic N) is 4. The Labute approximate surface area is 153 Å². The van der Waals surface area contributed by atoms with Gasteiger partial charge in [-0.3, -0.25) is 9.78 Å². The van der Waals surface area contributed by atoms with Crippen LogP contribution in [0.2, 0.25) is 0 Å². The summed E-state index contributed by atoms with van der Waals surface area (Å²) in [5.74, 6) is 0.728. The minimum Gasteiger partial charge on any atom is -0.384 e. The molecule has 134 valence electrons. The summed E-state index contributed by atoms with van der Waals surface area (Å²) < 4.78 is 4.99. The molecule has 8 heteroatoms. The van der Waals surface area contributed by atoms with Gasteiger partial charge < -0.3 is 15.0 Å². The largest absolute Gasteiger partial charge is 0.384 e. The highest BCUT2D eigenvalue weighted by atomic mass is 35.5. The number of aromatic nitrogens is 3. The summed E-state index contributed by atoms with van der Waals surface area (Å²) in [6.07, 6.45) is 8.40. The number of rotatable bonds is 6. The van der Waals surface area contributed by atoms with Crippen LogP contribution in [0.5, 0.6) is 0 Å². The molecule has 3 heterocycles. The first-order valence-electron chi connectivity index (χ1n) is 8.00. The Hall–Kier alpha value is -2.25. The molecule has 0 aliphatic carbocycles. The number of amides is 1. The van der Waals surface area contributed by atoms with Gasteiger partial charge in [0.25, 0.3) is 0 Å². The lowest BCUT2D eigenvalue weighted by Gasteiger charge is -2.30. The Balaban J connectivity index is 0.00000225. The first kappa shape index (κ1) is 19.1. The lowest BCUT2D eigenvalue weighted by molar-refractivity contribution is -0.133. The van der Waals surface area contributed by atoms with Gasteiger partial charge in [0.2, 0.25) is 11.9 Å². The molecule has 25 heavy (non-hydrogen) atoms. The van der Waals surface area contributed by atoms with Crippen LogP contribution in [0.4, 0.5) is 5.95 Å². The van der Waals surface area contributed by atoms with Crippen LogP contribution < -0.4 is 5.32 Å². The first-order chi connectivity index (χ1) is 11.8. The normalized spacial score (nSPS) is 12.9. The van der Waals surface area contributed by atoms with Crippen LogP contribution >= 0.6 is 12.4 Å². The van der Waals surface area contributed by atoms with Crippen molar-refractivity contribution in [2.75, 3.05) is 25.6 Å². The average Bonchev–Trinajstić information content (AvgIpc) is 2.64. The number of hydrogen-bond acceptors (Lipinski definition) is 6. The van der Waals surface area contributed by atoms with Crippen molar-refractivity contribution >= 4 is 24.3 Å². The third-order valence-electron chi connectivity index (χ3n) is 4.10. The summed E-state index contributed by atoms with van der Waals surface area (Å²) >= 11 is 0. The summed E-state index contributed by atoms with van der Waals surface area (Å²) in [7, 11) is 1.61. The van der Waals surface area contributed by atoms with Gasteiger partial charge in [-0.2, -0.15) is 0 Å². The Morgan fingerprint density at radius 3 is 2.88 bits per heavy atom. The number of pyridine rings is 1. The molecule has 1 aliphatic rings. The van der Waals surface area contributed by atoms with Crippen LogP contribution in [0.3, 0.4) is 0 Å². The molecule has 7 nitrogen and oxygen atoms in total. The van der Waals surface area contributed by atoms with Gasteiger partial charge in [-0.15, -0.1) is 12.4 Å². The minimum atomic E-state index is 0. The number of carbonyl (C=O) groups is 1. The van der Waals surface area contributed by atoms with E-state index in [1.807, 2.05) is 17.3 Å². The molecule has 0 saturated carbocycles. The highest BCUT2D eigenvalue weighted by molar-refractivity contribution is 5.85. The second kappa shape index (κ2) is 9.29. The van der Waals surface area contributed by atoms with Crippen molar-refractivity contribution in [3.05, 3.63) is 47.5 Å². The molecule has 1 N–H and O–H groups in total. The van der Waals surface area contributed by atoms with Crippen molar-refractivity contribution in [2.24, 2.45) is 0 Å². The second-order valence-electron chi connectivity index (χ2n) is 5.67. The molecule has 1 aliphatic heterocycles. The third-order valence-corrected chi connectivity index (χ3v) is 4.10. The molecule has 0 radical (unpaired) electrons. The Morgan fingerprint density at radius 1 is 1.32 bits per heavy atom. The first-order valence-corrected chi connectivity index (χ1v) is 8.00. The van der Waals surface area contributed by atoms with E-state index in [0.29, 0.717) is 32.1 Å². The Bertz CT molecular complexity index is 699. The van der Waals surface area contributed by atoms with Crippen molar-refractivity contribution in [2.45, 2.75) is 25.9 Å². The predicted octanol–water partition coefficient (Wildman–Crippen LogP) is 1.83. The molecular weight excluding hydrogens is 342 g/mol. The lowest BCUT2D eigenvalue weighted by atomic mass is 9.97. The minimum absolute atomic E-state index is 0. The molecule has 1 amide bonds. The van der Waals surface area contributed by atoms with Crippen LogP contribution in [0.25, 0.3) is 0 Å². The zero-order valence-corrected chi connectivity index (χ0v) is 15.0. The molecule has 0 fully saturated rings. The molecular formula is C17H22ClN5O2. The summed E-state index contributed by atoms with van der Waals surface area (Å²) in [5, 5.41) is 3.21. The van der Waals surface area contributed by atoms with Gasteiger partial charge in [-0.1, -0.05) is 0 Å². The maximum absolute atomic E-state index is 12.2. The third kappa shape index (κ3) is 4.87. The number of nitrogens with one attached hydrogen (secondary N) is 1. The molecule has 0 aromatic carbocycles. The molecule has 0 unspecified atom stereocenters. The van der Waals surface area contributed by atoms with Gasteiger partial charge >= 0.3 is 0 Å². The fraction of sp³-hybridized carbons (Fsp3) is 0.412. The van der Waals surface area contributed by atoms with E-state index in [0.717, 1.165) is 24.1 Å². The second-order valence-corrected chi connectivity index (χ2v) is 5.67. The van der Waals surface area contributed by atoms with E-state index < -0.39 is 0 Å². The number of halogens is 1. The fourth-order valence-electron chi connectivity index (χ4n) is 2.85. The van der Waals surface area contributed by atoms with Crippen molar-refractivity contribution in [3.63, 3.8) is 0 Å². The summed E-state index contributed by atoms with van der Waals surface area (Å²) in [6.45, 7) is 2.42. The van der Waals surface area contributed by atoms with E-state index in [4.69, 9.17) is 4.74 Å². The van der Waals surface area contributed by atoms with Crippen molar-refractivity contribution < 1.29 is 9.53 Å². The van der Waals surface area contributed by atoms with Gasteiger partial charge in [0.1, 0.15) is 0 Å². The maximum Gasteiger partial charge on any atom is 0.225 e. The monoisotopic (exact) mass is 363 g/mol. The fourth-order valence-corrected chi connectivity index (χ4v) is 2.85. The summed E-state index contributed by atoms with van der Waals surface area (Å²) in [5.41, 5.74) is 3.51. The van der Waals surface area contributed by atoms with E-state index in [2.05, 4.69) is 20.3 Å². The number of fused-ring (bicyclic) bond motifs is 1. The van der Waals surface area contributed by atoms with Crippen LogP contribution in [0.15, 0.2) is 30.9 Å². The highest BCUT2D eigenvalue weighted by Crippen LogP contribution is 2.22. The van der Waals surface area contributed by atoms with Crippen molar-refractivity contribution in [1.82, 2.24) is 19.9 Å². The van der Waals surface area contributed by atoms with E-state index in [9.17, 15) is 4.79 Å². The van der Waals surface area contributed by atoms with E-state index in [1.165, 1.54) is 5.56 Å². The van der Waals surface area contributed by atoms with E-state index in [-0.39, 0.29) is 18.3 Å². The average molecular weight is 364 g/mol. The molecule has 3 rings (SSSR count). The molecule has 2 aromatic heterocycles. The number of methoxy groups -OCH3 is 1. The zero-order valence-electron chi connectivity index (χ0n) is 14.1. The van der Waals surface area contributed by atoms with Crippen LogP contribution in [-0.4, -0.2) is 46.0 Å². The van der Waals surface area contributed by atoms with Crippen LogP contribution in [0.1, 0.15) is 23.1 Å². The standard InChI is InChI=1S/C17H21N5O2.ClH/c1-24-8-4-16(23)22-7-3-15-13(9-18-10-14(15)12-22)11-21-17-19-5-2-6-20-17;/h2,5-6,9-10H,3-4,7-8,11-12H2,1H3,(H,19,20,21);1H. The molecule has 2 aromatic rings. The van der Waals surface area contributed by atoms with Gasteiger partial charge in [0.15, 0.2) is 0 Å². The number of anilines is 1. The number of carbonyl (C=O) groups excluding carboxylic acids is 1. The van der Waals surface area contributed by atoms with Crippen LogP contribution in [-0.2, 0) is 29.0 Å². The van der Waals surface area contributed by atoms with Gasteiger partial charge in [0.05, 0.1) is 13.0 Å². The molecule has 0 atom stereocenters. The van der Waals surface area contributed by atoms with Crippen LogP contribution in [0, 0.1) is 0 Å². The molecule has 0 saturated heterocycles. The topological polar surface area (TPSA) is 80.2 Å². The lowest BCUT2D eigenvalue weighted by Crippen LogP contribution is -2.37. The van der Waals surface area contributed by atoms with E-state index >= 15 is 0 Å². The zero-order chi connectivity index (χ0) is 16.8. The quantitative estimate of drug-likeness (QED) is 0.843. The molecule has 0 bridgehead atoms. The Morgan fingerprint density at radius 2 is 2.12 bits per heavy atom.